The Balaban J connectivity index is 1.53. The molecular formula is C29H32N2O2S. The molecule has 1 fully saturated rings. The molecule has 3 aromatic rings. The van der Waals surface area contributed by atoms with Gasteiger partial charge in [0.2, 0.25) is 0 Å². The lowest BCUT2D eigenvalue weighted by Crippen LogP contribution is -2.34. The van der Waals surface area contributed by atoms with Crippen molar-refractivity contribution in [2.45, 2.75) is 45.6 Å². The molecule has 2 aliphatic rings. The number of hydrogen-bond donors (Lipinski definition) is 1. The molecule has 0 spiro atoms. The summed E-state index contributed by atoms with van der Waals surface area (Å²) >= 11 is 1.41. The molecule has 5 rings (SSSR count). The average Bonchev–Trinajstić information content (AvgIpc) is 3.32. The zero-order chi connectivity index (χ0) is 23.5. The molecule has 1 aliphatic heterocycles. The Hall–Kier alpha value is -2.76. The molecule has 1 N–H and O–H groups in total. The third-order valence-electron chi connectivity index (χ3n) is 7.39. The highest BCUT2D eigenvalue weighted by atomic mass is 32.1. The van der Waals surface area contributed by atoms with Crippen molar-refractivity contribution < 1.29 is 9.90 Å². The number of pyridine rings is 1. The molecular weight excluding hydrogens is 440 g/mol. The first-order chi connectivity index (χ1) is 16.6. The van der Waals surface area contributed by atoms with Gasteiger partial charge in [-0.1, -0.05) is 56.2 Å². The summed E-state index contributed by atoms with van der Waals surface area (Å²) in [7, 11) is 0. The first kappa shape index (κ1) is 23.0. The van der Waals surface area contributed by atoms with Crippen LogP contribution in [-0.4, -0.2) is 34.0 Å². The van der Waals surface area contributed by atoms with Crippen molar-refractivity contribution in [3.63, 3.8) is 0 Å². The lowest BCUT2D eigenvalue weighted by atomic mass is 9.75. The van der Waals surface area contributed by atoms with Crippen LogP contribution in [0, 0.1) is 11.8 Å². The number of carboxylic acids is 1. The van der Waals surface area contributed by atoms with Gasteiger partial charge in [-0.05, 0) is 66.0 Å². The van der Waals surface area contributed by atoms with E-state index in [2.05, 4.69) is 41.1 Å². The standard InChI is InChI=1S/C29H32N2O2S/c1-20-10-12-21(13-11-20)26-19-31(18-23-9-5-6-15-30-23)16-14-24(26)25-17-27(34-28(25)29(32)33)22-7-3-2-4-8-22/h2-9,15,17,20-21H,10-14,16,18-19H2,1H3,(H,32,33). The van der Waals surface area contributed by atoms with Crippen molar-refractivity contribution in [3.8, 4) is 10.4 Å². The third-order valence-corrected chi connectivity index (χ3v) is 8.56. The Kier molecular flexibility index (Phi) is 6.93. The van der Waals surface area contributed by atoms with Crippen LogP contribution < -0.4 is 0 Å². The molecule has 1 aliphatic carbocycles. The van der Waals surface area contributed by atoms with Gasteiger partial charge in [-0.25, -0.2) is 4.79 Å². The lowest BCUT2D eigenvalue weighted by molar-refractivity contribution is 0.0702. The fourth-order valence-corrected chi connectivity index (χ4v) is 6.54. The molecule has 1 aromatic carbocycles. The summed E-state index contributed by atoms with van der Waals surface area (Å²) in [5, 5.41) is 10.1. The molecule has 0 saturated heterocycles. The highest BCUT2D eigenvalue weighted by molar-refractivity contribution is 7.17. The van der Waals surface area contributed by atoms with E-state index in [1.165, 1.54) is 48.2 Å². The van der Waals surface area contributed by atoms with E-state index >= 15 is 0 Å². The number of nitrogens with zero attached hydrogens (tertiary/aromatic N) is 2. The van der Waals surface area contributed by atoms with Crippen LogP contribution in [0.25, 0.3) is 16.0 Å². The minimum absolute atomic E-state index is 0.480. The number of aromatic nitrogens is 1. The van der Waals surface area contributed by atoms with Crippen LogP contribution in [0.5, 0.6) is 0 Å². The summed E-state index contributed by atoms with van der Waals surface area (Å²) in [5.74, 6) is 0.510. The average molecular weight is 473 g/mol. The molecule has 4 nitrogen and oxygen atoms in total. The van der Waals surface area contributed by atoms with Gasteiger partial charge in [0.05, 0.1) is 5.69 Å². The van der Waals surface area contributed by atoms with Crippen molar-refractivity contribution in [3.05, 3.63) is 82.5 Å². The monoisotopic (exact) mass is 472 g/mol. The van der Waals surface area contributed by atoms with Gasteiger partial charge < -0.3 is 5.11 Å². The van der Waals surface area contributed by atoms with Crippen LogP contribution in [0.4, 0.5) is 0 Å². The van der Waals surface area contributed by atoms with E-state index < -0.39 is 5.97 Å². The normalized spacial score (nSPS) is 21.6. The summed E-state index contributed by atoms with van der Waals surface area (Å²) < 4.78 is 0. The minimum atomic E-state index is -0.817. The maximum Gasteiger partial charge on any atom is 0.346 e. The van der Waals surface area contributed by atoms with Gasteiger partial charge in [-0.15, -0.1) is 11.3 Å². The molecule has 176 valence electrons. The van der Waals surface area contributed by atoms with Gasteiger partial charge in [0.1, 0.15) is 4.88 Å². The second-order valence-electron chi connectivity index (χ2n) is 9.77. The summed E-state index contributed by atoms with van der Waals surface area (Å²) in [5.41, 5.74) is 5.88. The van der Waals surface area contributed by atoms with Gasteiger partial charge in [0.15, 0.2) is 0 Å². The van der Waals surface area contributed by atoms with Gasteiger partial charge >= 0.3 is 5.97 Å². The predicted molar refractivity (Wildman–Crippen MR) is 139 cm³/mol. The number of rotatable bonds is 6. The summed E-state index contributed by atoms with van der Waals surface area (Å²) in [6.45, 7) is 5.02. The van der Waals surface area contributed by atoms with E-state index in [1.54, 1.807) is 0 Å². The van der Waals surface area contributed by atoms with Crippen LogP contribution in [0.1, 0.15) is 60.0 Å². The van der Waals surface area contributed by atoms with Crippen molar-refractivity contribution in [1.29, 1.82) is 0 Å². The second kappa shape index (κ2) is 10.2. The van der Waals surface area contributed by atoms with Crippen molar-refractivity contribution in [2.24, 2.45) is 11.8 Å². The Bertz CT molecular complexity index is 1160. The maximum atomic E-state index is 12.3. The van der Waals surface area contributed by atoms with E-state index in [-0.39, 0.29) is 0 Å². The topological polar surface area (TPSA) is 53.4 Å². The Morgan fingerprint density at radius 1 is 1.09 bits per heavy atom. The molecule has 3 heterocycles. The fraction of sp³-hybridized carbons (Fsp3) is 0.379. The molecule has 0 atom stereocenters. The summed E-state index contributed by atoms with van der Waals surface area (Å²) in [6.07, 6.45) is 7.67. The maximum absolute atomic E-state index is 12.3. The number of carbonyl (C=O) groups is 1. The zero-order valence-corrected chi connectivity index (χ0v) is 20.6. The van der Waals surface area contributed by atoms with E-state index in [0.29, 0.717) is 10.8 Å². The Labute approximate surface area is 206 Å². The molecule has 0 radical (unpaired) electrons. The van der Waals surface area contributed by atoms with E-state index in [1.807, 2.05) is 36.5 Å². The van der Waals surface area contributed by atoms with Crippen molar-refractivity contribution in [2.75, 3.05) is 13.1 Å². The van der Waals surface area contributed by atoms with Crippen LogP contribution in [-0.2, 0) is 6.54 Å². The fourth-order valence-electron chi connectivity index (χ4n) is 5.51. The largest absolute Gasteiger partial charge is 0.477 e. The Morgan fingerprint density at radius 2 is 1.85 bits per heavy atom. The van der Waals surface area contributed by atoms with Gasteiger partial charge in [-0.3, -0.25) is 9.88 Å². The zero-order valence-electron chi connectivity index (χ0n) is 19.7. The second-order valence-corrected chi connectivity index (χ2v) is 10.8. The Morgan fingerprint density at radius 3 is 2.56 bits per heavy atom. The molecule has 0 amide bonds. The summed E-state index contributed by atoms with van der Waals surface area (Å²) in [6, 6.07) is 18.4. The van der Waals surface area contributed by atoms with Crippen molar-refractivity contribution in [1.82, 2.24) is 9.88 Å². The molecule has 0 bridgehead atoms. The van der Waals surface area contributed by atoms with Gasteiger partial charge in [-0.2, -0.15) is 0 Å². The van der Waals surface area contributed by atoms with Crippen LogP contribution in [0.3, 0.4) is 0 Å². The molecule has 0 unspecified atom stereocenters. The number of aromatic carboxylic acids is 1. The number of hydrogen-bond acceptors (Lipinski definition) is 4. The van der Waals surface area contributed by atoms with E-state index in [9.17, 15) is 9.90 Å². The predicted octanol–water partition coefficient (Wildman–Crippen LogP) is 6.99. The van der Waals surface area contributed by atoms with Crippen LogP contribution in [0.15, 0.2) is 66.4 Å². The first-order valence-corrected chi connectivity index (χ1v) is 13.2. The third kappa shape index (κ3) is 5.01. The SMILES string of the molecule is CC1CCC(C2=C(c3cc(-c4ccccc4)sc3C(=O)O)CCN(Cc3ccccn3)C2)CC1. The minimum Gasteiger partial charge on any atom is -0.477 e. The van der Waals surface area contributed by atoms with Crippen LogP contribution in [0.2, 0.25) is 0 Å². The highest BCUT2D eigenvalue weighted by Gasteiger charge is 2.31. The smallest absolute Gasteiger partial charge is 0.346 e. The molecule has 34 heavy (non-hydrogen) atoms. The molecule has 2 aromatic heterocycles. The summed E-state index contributed by atoms with van der Waals surface area (Å²) in [4.78, 5) is 20.9. The number of benzene rings is 1. The first-order valence-electron chi connectivity index (χ1n) is 12.4. The van der Waals surface area contributed by atoms with Crippen molar-refractivity contribution >= 4 is 22.9 Å². The number of carboxylic acid groups (broad SMARTS) is 1. The number of thiophene rings is 1. The van der Waals surface area contributed by atoms with E-state index in [0.717, 1.165) is 53.7 Å². The van der Waals surface area contributed by atoms with Gasteiger partial charge in [0, 0.05) is 36.3 Å². The van der Waals surface area contributed by atoms with E-state index in [4.69, 9.17) is 0 Å². The molecule has 1 saturated carbocycles. The van der Waals surface area contributed by atoms with Crippen LogP contribution >= 0.6 is 11.3 Å². The molecule has 5 heteroatoms. The quantitative estimate of drug-likeness (QED) is 0.420. The van der Waals surface area contributed by atoms with Gasteiger partial charge in [0.25, 0.3) is 0 Å². The lowest BCUT2D eigenvalue weighted by Gasteiger charge is -2.37. The highest BCUT2D eigenvalue weighted by Crippen LogP contribution is 2.43.